The van der Waals surface area contributed by atoms with Crippen molar-refractivity contribution in [2.75, 3.05) is 13.0 Å². The van der Waals surface area contributed by atoms with Gasteiger partial charge in [0, 0.05) is 6.42 Å². The summed E-state index contributed by atoms with van der Waals surface area (Å²) in [7, 11) is 1.20. The Labute approximate surface area is 115 Å². The highest BCUT2D eigenvalue weighted by Gasteiger charge is 2.36. The molecule has 6 heteroatoms. The van der Waals surface area contributed by atoms with Crippen LogP contribution in [0.3, 0.4) is 0 Å². The van der Waals surface area contributed by atoms with E-state index in [1.807, 2.05) is 0 Å². The second kappa shape index (κ2) is 6.52. The van der Waals surface area contributed by atoms with Gasteiger partial charge in [-0.2, -0.15) is 0 Å². The van der Waals surface area contributed by atoms with Gasteiger partial charge in [-0.05, 0) is 18.6 Å². The van der Waals surface area contributed by atoms with Gasteiger partial charge in [0.15, 0.2) is 0 Å². The summed E-state index contributed by atoms with van der Waals surface area (Å²) in [5.41, 5.74) is -1.05. The number of rotatable bonds is 5. The Morgan fingerprint density at radius 3 is 2.58 bits per heavy atom. The molecule has 19 heavy (non-hydrogen) atoms. The van der Waals surface area contributed by atoms with Crippen LogP contribution >= 0.6 is 11.6 Å². The lowest BCUT2D eigenvalue weighted by Crippen LogP contribution is -2.54. The molecule has 0 heterocycles. The third kappa shape index (κ3) is 3.92. The van der Waals surface area contributed by atoms with Crippen LogP contribution in [0.15, 0.2) is 24.3 Å². The molecule has 4 nitrogen and oxygen atoms in total. The predicted octanol–water partition coefficient (Wildman–Crippen LogP) is 1.65. The Morgan fingerprint density at radius 1 is 1.42 bits per heavy atom. The Morgan fingerprint density at radius 2 is 2.05 bits per heavy atom. The Hall–Kier alpha value is -1.62. The van der Waals surface area contributed by atoms with Crippen LogP contribution in [0.25, 0.3) is 0 Å². The first-order valence-corrected chi connectivity index (χ1v) is 6.15. The van der Waals surface area contributed by atoms with Crippen molar-refractivity contribution in [3.63, 3.8) is 0 Å². The number of alkyl halides is 1. The minimum absolute atomic E-state index is 0.0189. The van der Waals surface area contributed by atoms with Crippen LogP contribution in [0.5, 0.6) is 0 Å². The number of ether oxygens (including phenoxy) is 1. The number of esters is 1. The number of carbonyl (C=O) groups is 2. The monoisotopic (exact) mass is 287 g/mol. The summed E-state index contributed by atoms with van der Waals surface area (Å²) in [4.78, 5) is 23.2. The van der Waals surface area contributed by atoms with Gasteiger partial charge in [0.05, 0.1) is 7.11 Å². The van der Waals surface area contributed by atoms with E-state index in [0.29, 0.717) is 5.56 Å². The second-order valence-corrected chi connectivity index (χ2v) is 4.54. The average Bonchev–Trinajstić information content (AvgIpc) is 2.40. The van der Waals surface area contributed by atoms with Gasteiger partial charge in [-0.25, -0.2) is 9.18 Å². The fourth-order valence-corrected chi connectivity index (χ4v) is 1.82. The maximum Gasteiger partial charge on any atom is 0.331 e. The maximum absolute atomic E-state index is 13.6. The number of halogens is 2. The summed E-state index contributed by atoms with van der Waals surface area (Å²) in [6, 6.07) is 6.03. The SMILES string of the molecule is COC(=O)C(C)(Cc1ccccc1F)NC(=O)CCl. The zero-order valence-electron chi connectivity index (χ0n) is 10.7. The van der Waals surface area contributed by atoms with Gasteiger partial charge in [-0.3, -0.25) is 4.79 Å². The van der Waals surface area contributed by atoms with E-state index < -0.39 is 23.2 Å². The molecule has 0 aliphatic heterocycles. The quantitative estimate of drug-likeness (QED) is 0.662. The molecule has 0 saturated heterocycles. The predicted molar refractivity (Wildman–Crippen MR) is 69.4 cm³/mol. The van der Waals surface area contributed by atoms with Gasteiger partial charge in [-0.1, -0.05) is 18.2 Å². The van der Waals surface area contributed by atoms with Gasteiger partial charge in [0.25, 0.3) is 0 Å². The van der Waals surface area contributed by atoms with Crippen molar-refractivity contribution in [1.29, 1.82) is 0 Å². The highest BCUT2D eigenvalue weighted by Crippen LogP contribution is 2.17. The van der Waals surface area contributed by atoms with E-state index in [9.17, 15) is 14.0 Å². The Bertz CT molecular complexity index is 481. The lowest BCUT2D eigenvalue weighted by atomic mass is 9.92. The summed E-state index contributed by atoms with van der Waals surface area (Å²) >= 11 is 5.40. The number of carbonyl (C=O) groups excluding carboxylic acids is 2. The summed E-state index contributed by atoms with van der Waals surface area (Å²) < 4.78 is 18.3. The van der Waals surface area contributed by atoms with E-state index in [1.54, 1.807) is 18.2 Å². The third-order valence-electron chi connectivity index (χ3n) is 2.67. The van der Waals surface area contributed by atoms with Crippen molar-refractivity contribution in [3.8, 4) is 0 Å². The molecular formula is C13H15ClFNO3. The number of methoxy groups -OCH3 is 1. The minimum Gasteiger partial charge on any atom is -0.467 e. The number of hydrogen-bond donors (Lipinski definition) is 1. The first-order valence-electron chi connectivity index (χ1n) is 5.61. The van der Waals surface area contributed by atoms with Crippen molar-refractivity contribution in [1.82, 2.24) is 5.32 Å². The van der Waals surface area contributed by atoms with Crippen LogP contribution in [-0.4, -0.2) is 30.4 Å². The van der Waals surface area contributed by atoms with E-state index in [-0.39, 0.29) is 12.3 Å². The van der Waals surface area contributed by atoms with E-state index in [2.05, 4.69) is 10.1 Å². The van der Waals surface area contributed by atoms with Crippen LogP contribution in [0.4, 0.5) is 4.39 Å². The number of nitrogens with one attached hydrogen (secondary N) is 1. The van der Waals surface area contributed by atoms with E-state index in [0.717, 1.165) is 0 Å². The molecule has 1 rings (SSSR count). The van der Waals surface area contributed by atoms with Crippen LogP contribution in [-0.2, 0) is 20.7 Å². The summed E-state index contributed by atoms with van der Waals surface area (Å²) in [6.07, 6.45) is -0.0189. The van der Waals surface area contributed by atoms with Crippen molar-refractivity contribution in [2.24, 2.45) is 0 Å². The van der Waals surface area contributed by atoms with Gasteiger partial charge in [0.1, 0.15) is 17.2 Å². The third-order valence-corrected chi connectivity index (χ3v) is 2.92. The molecule has 0 spiro atoms. The highest BCUT2D eigenvalue weighted by atomic mass is 35.5. The molecule has 1 N–H and O–H groups in total. The Balaban J connectivity index is 3.01. The van der Waals surface area contributed by atoms with Crippen LogP contribution < -0.4 is 5.32 Å². The van der Waals surface area contributed by atoms with Gasteiger partial charge < -0.3 is 10.1 Å². The molecule has 1 amide bonds. The molecular weight excluding hydrogens is 273 g/mol. The van der Waals surface area contributed by atoms with E-state index in [1.165, 1.54) is 20.1 Å². The molecule has 0 aliphatic rings. The minimum atomic E-state index is -1.36. The second-order valence-electron chi connectivity index (χ2n) is 4.27. The van der Waals surface area contributed by atoms with Gasteiger partial charge in [0.2, 0.25) is 5.91 Å². The number of hydrogen-bond acceptors (Lipinski definition) is 3. The molecule has 0 saturated carbocycles. The molecule has 0 radical (unpaired) electrons. The average molecular weight is 288 g/mol. The molecule has 1 unspecified atom stereocenters. The lowest BCUT2D eigenvalue weighted by Gasteiger charge is -2.27. The van der Waals surface area contributed by atoms with Gasteiger partial charge >= 0.3 is 5.97 Å². The van der Waals surface area contributed by atoms with E-state index >= 15 is 0 Å². The molecule has 1 atom stereocenters. The van der Waals surface area contributed by atoms with Crippen molar-refractivity contribution < 1.29 is 18.7 Å². The van der Waals surface area contributed by atoms with Crippen LogP contribution in [0.1, 0.15) is 12.5 Å². The van der Waals surface area contributed by atoms with Crippen molar-refractivity contribution in [2.45, 2.75) is 18.9 Å². The maximum atomic E-state index is 13.6. The zero-order chi connectivity index (χ0) is 14.5. The normalized spacial score (nSPS) is 13.5. The summed E-state index contributed by atoms with van der Waals surface area (Å²) in [6.45, 7) is 1.47. The first kappa shape index (κ1) is 15.4. The topological polar surface area (TPSA) is 55.4 Å². The van der Waals surface area contributed by atoms with Gasteiger partial charge in [-0.15, -0.1) is 11.6 Å². The first-order chi connectivity index (χ1) is 8.92. The fourth-order valence-electron chi connectivity index (χ4n) is 1.76. The standard InChI is InChI=1S/C13H15ClFNO3/c1-13(12(18)19-2,16-11(17)8-14)7-9-5-3-4-6-10(9)15/h3-6H,7-8H2,1-2H3,(H,16,17). The largest absolute Gasteiger partial charge is 0.467 e. The number of amides is 1. The summed E-state index contributed by atoms with van der Waals surface area (Å²) in [5, 5.41) is 2.46. The van der Waals surface area contributed by atoms with Crippen molar-refractivity contribution in [3.05, 3.63) is 35.6 Å². The fraction of sp³-hybridized carbons (Fsp3) is 0.385. The zero-order valence-corrected chi connectivity index (χ0v) is 11.5. The van der Waals surface area contributed by atoms with Crippen molar-refractivity contribution >= 4 is 23.5 Å². The lowest BCUT2D eigenvalue weighted by molar-refractivity contribution is -0.149. The Kier molecular flexibility index (Phi) is 5.30. The van der Waals surface area contributed by atoms with Crippen LogP contribution in [0, 0.1) is 5.82 Å². The molecule has 0 fully saturated rings. The number of benzene rings is 1. The molecule has 0 aromatic heterocycles. The molecule has 0 bridgehead atoms. The molecule has 1 aromatic rings. The van der Waals surface area contributed by atoms with Crippen LogP contribution in [0.2, 0.25) is 0 Å². The molecule has 0 aliphatic carbocycles. The highest BCUT2D eigenvalue weighted by molar-refractivity contribution is 6.27. The molecule has 1 aromatic carbocycles. The van der Waals surface area contributed by atoms with E-state index in [4.69, 9.17) is 11.6 Å². The smallest absolute Gasteiger partial charge is 0.331 e. The summed E-state index contributed by atoms with van der Waals surface area (Å²) in [5.74, 6) is -1.91. The molecule has 104 valence electrons.